The molecule has 0 aromatic carbocycles. The standard InChI is InChI=1S/C8H8N2O4/c1-5(11)10-6-2-3-7(9-4-6)14-8(12)13/h2-4H,1H3,(H,10,11)(H,12,13). The van der Waals surface area contributed by atoms with Crippen LogP contribution >= 0.6 is 0 Å². The molecule has 1 amide bonds. The topological polar surface area (TPSA) is 88.5 Å². The maximum atomic E-state index is 10.6. The Bertz CT molecular complexity index is 312. The highest BCUT2D eigenvalue weighted by atomic mass is 16.7. The summed E-state index contributed by atoms with van der Waals surface area (Å²) in [7, 11) is 0. The van der Waals surface area contributed by atoms with Crippen LogP contribution in [0.15, 0.2) is 18.3 Å². The molecular formula is C8H8N2O4. The molecule has 14 heavy (non-hydrogen) atoms. The van der Waals surface area contributed by atoms with Crippen LogP contribution in [-0.2, 0) is 4.79 Å². The molecule has 1 aromatic heterocycles. The number of aromatic nitrogens is 1. The lowest BCUT2D eigenvalue weighted by atomic mass is 10.4. The van der Waals surface area contributed by atoms with Gasteiger partial charge >= 0.3 is 6.16 Å². The molecule has 0 aliphatic heterocycles. The first-order valence-electron chi connectivity index (χ1n) is 3.72. The molecule has 0 unspecified atom stereocenters. The van der Waals surface area contributed by atoms with Crippen LogP contribution in [0.25, 0.3) is 0 Å². The molecule has 1 aromatic rings. The van der Waals surface area contributed by atoms with Gasteiger partial charge in [-0.2, -0.15) is 0 Å². The molecule has 1 heterocycles. The predicted octanol–water partition coefficient (Wildman–Crippen LogP) is 1.10. The smallest absolute Gasteiger partial charge is 0.449 e. The van der Waals surface area contributed by atoms with Gasteiger partial charge in [0, 0.05) is 13.0 Å². The van der Waals surface area contributed by atoms with Crippen LogP contribution in [-0.4, -0.2) is 22.2 Å². The van der Waals surface area contributed by atoms with Gasteiger partial charge in [0.1, 0.15) is 0 Å². The van der Waals surface area contributed by atoms with Crippen LogP contribution in [0, 0.1) is 0 Å². The van der Waals surface area contributed by atoms with Gasteiger partial charge in [-0.3, -0.25) is 4.79 Å². The summed E-state index contributed by atoms with van der Waals surface area (Å²) in [5.74, 6) is -0.259. The van der Waals surface area contributed by atoms with E-state index < -0.39 is 6.16 Å². The Hall–Kier alpha value is -2.11. The van der Waals surface area contributed by atoms with Crippen molar-refractivity contribution in [3.63, 3.8) is 0 Å². The van der Waals surface area contributed by atoms with Crippen LogP contribution in [0.3, 0.4) is 0 Å². The van der Waals surface area contributed by atoms with E-state index in [1.165, 1.54) is 25.3 Å². The number of anilines is 1. The second kappa shape index (κ2) is 4.22. The maximum Gasteiger partial charge on any atom is 0.512 e. The van der Waals surface area contributed by atoms with Crippen molar-refractivity contribution in [1.82, 2.24) is 4.98 Å². The van der Waals surface area contributed by atoms with E-state index in [2.05, 4.69) is 15.0 Å². The Labute approximate surface area is 79.5 Å². The van der Waals surface area contributed by atoms with E-state index in [1.54, 1.807) is 0 Å². The van der Waals surface area contributed by atoms with Gasteiger partial charge in [0.2, 0.25) is 11.8 Å². The normalized spacial score (nSPS) is 9.21. The summed E-state index contributed by atoms with van der Waals surface area (Å²) in [5, 5.41) is 10.7. The molecule has 6 nitrogen and oxygen atoms in total. The zero-order chi connectivity index (χ0) is 10.6. The number of hydrogen-bond donors (Lipinski definition) is 2. The first-order chi connectivity index (χ1) is 6.58. The third-order valence-corrected chi connectivity index (χ3v) is 1.25. The molecule has 0 atom stereocenters. The lowest BCUT2D eigenvalue weighted by molar-refractivity contribution is -0.114. The van der Waals surface area contributed by atoms with E-state index in [1.807, 2.05) is 0 Å². The summed E-state index contributed by atoms with van der Waals surface area (Å²) >= 11 is 0. The van der Waals surface area contributed by atoms with Crippen molar-refractivity contribution < 1.29 is 19.4 Å². The fourth-order valence-electron chi connectivity index (χ4n) is 0.807. The number of nitrogens with one attached hydrogen (secondary N) is 1. The Morgan fingerprint density at radius 3 is 2.64 bits per heavy atom. The minimum atomic E-state index is -1.43. The number of hydrogen-bond acceptors (Lipinski definition) is 4. The van der Waals surface area contributed by atoms with Gasteiger partial charge in [-0.15, -0.1) is 0 Å². The number of ether oxygens (including phenoxy) is 1. The van der Waals surface area contributed by atoms with Gasteiger partial charge in [-0.05, 0) is 6.07 Å². The highest BCUT2D eigenvalue weighted by Crippen LogP contribution is 2.11. The summed E-state index contributed by atoms with van der Waals surface area (Å²) in [4.78, 5) is 24.4. The highest BCUT2D eigenvalue weighted by molar-refractivity contribution is 5.88. The predicted molar refractivity (Wildman–Crippen MR) is 47.2 cm³/mol. The molecule has 6 heteroatoms. The molecule has 0 saturated carbocycles. The molecule has 0 bridgehead atoms. The summed E-state index contributed by atoms with van der Waals surface area (Å²) < 4.78 is 4.27. The number of carbonyl (C=O) groups is 2. The Morgan fingerprint density at radius 2 is 2.21 bits per heavy atom. The van der Waals surface area contributed by atoms with Crippen molar-refractivity contribution >= 4 is 17.7 Å². The van der Waals surface area contributed by atoms with E-state index in [0.29, 0.717) is 5.69 Å². The monoisotopic (exact) mass is 196 g/mol. The van der Waals surface area contributed by atoms with Gasteiger partial charge < -0.3 is 15.2 Å². The average Bonchev–Trinajstić information content (AvgIpc) is 2.06. The molecule has 0 aliphatic carbocycles. The molecule has 0 saturated heterocycles. The van der Waals surface area contributed by atoms with E-state index in [0.717, 1.165) is 0 Å². The third kappa shape index (κ3) is 3.10. The minimum Gasteiger partial charge on any atom is -0.449 e. The fraction of sp³-hybridized carbons (Fsp3) is 0.125. The van der Waals surface area contributed by atoms with Gasteiger partial charge in [0.05, 0.1) is 11.9 Å². The summed E-state index contributed by atoms with van der Waals surface area (Å²) in [6.45, 7) is 1.36. The van der Waals surface area contributed by atoms with E-state index in [-0.39, 0.29) is 11.8 Å². The Balaban J connectivity index is 2.68. The molecule has 0 spiro atoms. The number of carbonyl (C=O) groups excluding carboxylic acids is 1. The van der Waals surface area contributed by atoms with Gasteiger partial charge in [-0.25, -0.2) is 9.78 Å². The van der Waals surface area contributed by atoms with Crippen LogP contribution in [0.4, 0.5) is 10.5 Å². The fourth-order valence-corrected chi connectivity index (χ4v) is 0.807. The number of carboxylic acid groups (broad SMARTS) is 1. The molecule has 0 aliphatic rings. The molecule has 74 valence electrons. The molecular weight excluding hydrogens is 188 g/mol. The van der Waals surface area contributed by atoms with E-state index >= 15 is 0 Å². The summed E-state index contributed by atoms with van der Waals surface area (Å²) in [6, 6.07) is 2.84. The average molecular weight is 196 g/mol. The van der Waals surface area contributed by atoms with Crippen LogP contribution in [0.5, 0.6) is 5.88 Å². The lowest BCUT2D eigenvalue weighted by Gasteiger charge is -2.01. The molecule has 2 N–H and O–H groups in total. The lowest BCUT2D eigenvalue weighted by Crippen LogP contribution is -2.07. The zero-order valence-electron chi connectivity index (χ0n) is 7.35. The number of amides is 1. The van der Waals surface area contributed by atoms with E-state index in [9.17, 15) is 9.59 Å². The van der Waals surface area contributed by atoms with Crippen molar-refractivity contribution in [3.8, 4) is 5.88 Å². The van der Waals surface area contributed by atoms with Crippen molar-refractivity contribution in [2.75, 3.05) is 5.32 Å². The van der Waals surface area contributed by atoms with Crippen LogP contribution in [0.1, 0.15) is 6.92 Å². The van der Waals surface area contributed by atoms with Crippen LogP contribution in [0.2, 0.25) is 0 Å². The maximum absolute atomic E-state index is 10.6. The van der Waals surface area contributed by atoms with Gasteiger partial charge in [0.25, 0.3) is 0 Å². The summed E-state index contributed by atoms with van der Waals surface area (Å²) in [5.41, 5.74) is 0.482. The second-order valence-electron chi connectivity index (χ2n) is 2.43. The number of pyridine rings is 1. The van der Waals surface area contributed by atoms with Crippen molar-refractivity contribution in [1.29, 1.82) is 0 Å². The highest BCUT2D eigenvalue weighted by Gasteiger charge is 2.02. The molecule has 1 rings (SSSR count). The number of rotatable bonds is 2. The van der Waals surface area contributed by atoms with E-state index in [4.69, 9.17) is 5.11 Å². The first kappa shape index (κ1) is 9.97. The minimum absolute atomic E-state index is 0.0356. The first-order valence-corrected chi connectivity index (χ1v) is 3.72. The van der Waals surface area contributed by atoms with Crippen molar-refractivity contribution in [2.45, 2.75) is 6.92 Å². The van der Waals surface area contributed by atoms with Gasteiger partial charge in [0.15, 0.2) is 0 Å². The SMILES string of the molecule is CC(=O)Nc1ccc(OC(=O)O)nc1. The zero-order valence-corrected chi connectivity index (χ0v) is 7.35. The van der Waals surface area contributed by atoms with Crippen LogP contribution < -0.4 is 10.1 Å². The second-order valence-corrected chi connectivity index (χ2v) is 2.43. The number of nitrogens with zero attached hydrogens (tertiary/aromatic N) is 1. The molecule has 0 radical (unpaired) electrons. The third-order valence-electron chi connectivity index (χ3n) is 1.25. The largest absolute Gasteiger partial charge is 0.512 e. The summed E-state index contributed by atoms with van der Waals surface area (Å²) in [6.07, 6.45) is -0.121. The Kier molecular flexibility index (Phi) is 3.01. The quantitative estimate of drug-likeness (QED) is 0.691. The van der Waals surface area contributed by atoms with Crippen molar-refractivity contribution in [3.05, 3.63) is 18.3 Å². The van der Waals surface area contributed by atoms with Crippen molar-refractivity contribution in [2.24, 2.45) is 0 Å². The van der Waals surface area contributed by atoms with Gasteiger partial charge in [-0.1, -0.05) is 0 Å². The molecule has 0 fully saturated rings. The Morgan fingerprint density at radius 1 is 1.50 bits per heavy atom.